The predicted molar refractivity (Wildman–Crippen MR) is 42.7 cm³/mol. The molecule has 4 nitrogen and oxygen atoms in total. The first-order valence-electron chi connectivity index (χ1n) is 4.09. The van der Waals surface area contributed by atoms with Gasteiger partial charge in [0.2, 0.25) is 0 Å². The lowest BCUT2D eigenvalue weighted by Crippen LogP contribution is -2.48. The third-order valence-electron chi connectivity index (χ3n) is 1.89. The number of nitrogens with one attached hydrogen (secondary N) is 1. The SMILES string of the molecule is Cc1cc(COC2CNC2)no1. The number of ether oxygens (including phenoxy) is 1. The van der Waals surface area contributed by atoms with E-state index in [2.05, 4.69) is 10.5 Å². The smallest absolute Gasteiger partial charge is 0.134 e. The van der Waals surface area contributed by atoms with Crippen LogP contribution in [-0.2, 0) is 11.3 Å². The highest BCUT2D eigenvalue weighted by molar-refractivity contribution is 5.02. The number of rotatable bonds is 3. The highest BCUT2D eigenvalue weighted by Crippen LogP contribution is 2.06. The predicted octanol–water partition coefficient (Wildman–Crippen LogP) is 0.471. The minimum atomic E-state index is 0.363. The zero-order valence-corrected chi connectivity index (χ0v) is 7.04. The van der Waals surface area contributed by atoms with Gasteiger partial charge in [-0.05, 0) is 6.92 Å². The Kier molecular flexibility index (Phi) is 2.10. The van der Waals surface area contributed by atoms with E-state index in [-0.39, 0.29) is 0 Å². The highest BCUT2D eigenvalue weighted by atomic mass is 16.5. The van der Waals surface area contributed by atoms with Crippen molar-refractivity contribution in [2.45, 2.75) is 19.6 Å². The summed E-state index contributed by atoms with van der Waals surface area (Å²) in [6.45, 7) is 4.35. The van der Waals surface area contributed by atoms with Gasteiger partial charge in [0.25, 0.3) is 0 Å². The first-order valence-corrected chi connectivity index (χ1v) is 4.09. The van der Waals surface area contributed by atoms with E-state index >= 15 is 0 Å². The molecule has 12 heavy (non-hydrogen) atoms. The highest BCUT2D eigenvalue weighted by Gasteiger charge is 2.17. The molecule has 1 aliphatic heterocycles. The second-order valence-corrected chi connectivity index (χ2v) is 3.02. The first-order chi connectivity index (χ1) is 5.84. The van der Waals surface area contributed by atoms with Crippen LogP contribution in [0.1, 0.15) is 11.5 Å². The Hall–Kier alpha value is -0.870. The van der Waals surface area contributed by atoms with Gasteiger partial charge in [-0.25, -0.2) is 0 Å². The number of aryl methyl sites for hydroxylation is 1. The van der Waals surface area contributed by atoms with Crippen LogP contribution in [0, 0.1) is 6.92 Å². The van der Waals surface area contributed by atoms with Gasteiger partial charge in [-0.1, -0.05) is 5.16 Å². The summed E-state index contributed by atoms with van der Waals surface area (Å²) in [5.41, 5.74) is 0.874. The second kappa shape index (κ2) is 3.25. The molecule has 0 bridgehead atoms. The van der Waals surface area contributed by atoms with Gasteiger partial charge in [-0.15, -0.1) is 0 Å². The van der Waals surface area contributed by atoms with Gasteiger partial charge in [0.1, 0.15) is 11.5 Å². The lowest BCUT2D eigenvalue weighted by molar-refractivity contribution is 0.00505. The maximum absolute atomic E-state index is 5.49. The van der Waals surface area contributed by atoms with Crippen LogP contribution >= 0.6 is 0 Å². The molecule has 1 fully saturated rings. The third kappa shape index (κ3) is 1.65. The first kappa shape index (κ1) is 7.76. The molecule has 0 aliphatic carbocycles. The Bertz CT molecular complexity index is 255. The quantitative estimate of drug-likeness (QED) is 0.712. The lowest BCUT2D eigenvalue weighted by atomic mass is 10.2. The number of nitrogens with zero attached hydrogens (tertiary/aromatic N) is 1. The van der Waals surface area contributed by atoms with Crippen LogP contribution < -0.4 is 5.32 Å². The third-order valence-corrected chi connectivity index (χ3v) is 1.89. The summed E-state index contributed by atoms with van der Waals surface area (Å²) in [5.74, 6) is 0.834. The average molecular weight is 168 g/mol. The summed E-state index contributed by atoms with van der Waals surface area (Å²) in [5, 5.41) is 6.96. The Morgan fingerprint density at radius 1 is 1.75 bits per heavy atom. The molecule has 2 heterocycles. The van der Waals surface area contributed by atoms with Crippen LogP contribution in [-0.4, -0.2) is 24.4 Å². The van der Waals surface area contributed by atoms with Crippen molar-refractivity contribution in [3.8, 4) is 0 Å². The van der Waals surface area contributed by atoms with Crippen LogP contribution in [0.4, 0.5) is 0 Å². The van der Waals surface area contributed by atoms with Gasteiger partial charge in [0.15, 0.2) is 0 Å². The molecule has 1 aromatic rings. The summed E-state index contributed by atoms with van der Waals surface area (Å²) in [6.07, 6.45) is 0.363. The van der Waals surface area contributed by atoms with Gasteiger partial charge in [0.05, 0.1) is 12.7 Å². The van der Waals surface area contributed by atoms with Crippen molar-refractivity contribution in [3.05, 3.63) is 17.5 Å². The van der Waals surface area contributed by atoms with E-state index in [0.717, 1.165) is 24.5 Å². The van der Waals surface area contributed by atoms with E-state index in [1.165, 1.54) is 0 Å². The van der Waals surface area contributed by atoms with Gasteiger partial charge >= 0.3 is 0 Å². The van der Waals surface area contributed by atoms with Crippen LogP contribution in [0.5, 0.6) is 0 Å². The molecule has 66 valence electrons. The van der Waals surface area contributed by atoms with E-state index in [1.807, 2.05) is 13.0 Å². The molecule has 0 spiro atoms. The molecule has 4 heteroatoms. The van der Waals surface area contributed by atoms with Crippen molar-refractivity contribution in [1.82, 2.24) is 10.5 Å². The monoisotopic (exact) mass is 168 g/mol. The number of hydrogen-bond donors (Lipinski definition) is 1. The number of aromatic nitrogens is 1. The molecule has 1 aromatic heterocycles. The molecule has 0 aromatic carbocycles. The molecule has 0 radical (unpaired) electrons. The maximum Gasteiger partial charge on any atom is 0.134 e. The van der Waals surface area contributed by atoms with Crippen LogP contribution in [0.3, 0.4) is 0 Å². The molecule has 1 aliphatic rings. The Morgan fingerprint density at radius 3 is 3.08 bits per heavy atom. The summed E-state index contributed by atoms with van der Waals surface area (Å²) >= 11 is 0. The summed E-state index contributed by atoms with van der Waals surface area (Å²) in [4.78, 5) is 0. The molecule has 1 N–H and O–H groups in total. The Labute approximate surface area is 70.9 Å². The summed E-state index contributed by atoms with van der Waals surface area (Å²) in [6, 6.07) is 1.89. The van der Waals surface area contributed by atoms with Crippen molar-refractivity contribution < 1.29 is 9.26 Å². The van der Waals surface area contributed by atoms with E-state index in [4.69, 9.17) is 9.26 Å². The van der Waals surface area contributed by atoms with Gasteiger partial charge in [0, 0.05) is 19.2 Å². The lowest BCUT2D eigenvalue weighted by Gasteiger charge is -2.26. The van der Waals surface area contributed by atoms with E-state index < -0.39 is 0 Å². The standard InChI is InChI=1S/C8H12N2O2/c1-6-2-7(10-12-6)5-11-8-3-9-4-8/h2,8-9H,3-5H2,1H3. The fourth-order valence-electron chi connectivity index (χ4n) is 1.07. The normalized spacial score (nSPS) is 17.8. The molecule has 0 amide bonds. The second-order valence-electron chi connectivity index (χ2n) is 3.02. The van der Waals surface area contributed by atoms with Crippen molar-refractivity contribution in [2.75, 3.05) is 13.1 Å². The maximum atomic E-state index is 5.49. The van der Waals surface area contributed by atoms with E-state index in [9.17, 15) is 0 Å². The number of hydrogen-bond acceptors (Lipinski definition) is 4. The molecule has 0 atom stereocenters. The van der Waals surface area contributed by atoms with Crippen molar-refractivity contribution >= 4 is 0 Å². The van der Waals surface area contributed by atoms with Gasteiger partial charge in [-0.2, -0.15) is 0 Å². The van der Waals surface area contributed by atoms with Crippen LogP contribution in [0.2, 0.25) is 0 Å². The molecular formula is C8H12N2O2. The minimum Gasteiger partial charge on any atom is -0.369 e. The molecule has 0 saturated carbocycles. The van der Waals surface area contributed by atoms with E-state index in [1.54, 1.807) is 0 Å². The van der Waals surface area contributed by atoms with Crippen molar-refractivity contribution in [2.24, 2.45) is 0 Å². The zero-order chi connectivity index (χ0) is 8.39. The molecule has 1 saturated heterocycles. The van der Waals surface area contributed by atoms with Crippen LogP contribution in [0.25, 0.3) is 0 Å². The Balaban J connectivity index is 1.79. The minimum absolute atomic E-state index is 0.363. The topological polar surface area (TPSA) is 47.3 Å². The van der Waals surface area contributed by atoms with Crippen molar-refractivity contribution in [1.29, 1.82) is 0 Å². The fourth-order valence-corrected chi connectivity index (χ4v) is 1.07. The van der Waals surface area contributed by atoms with Gasteiger partial charge in [-0.3, -0.25) is 0 Å². The summed E-state index contributed by atoms with van der Waals surface area (Å²) in [7, 11) is 0. The zero-order valence-electron chi connectivity index (χ0n) is 7.04. The Morgan fingerprint density at radius 2 is 2.58 bits per heavy atom. The molecule has 0 unspecified atom stereocenters. The van der Waals surface area contributed by atoms with E-state index in [0.29, 0.717) is 12.7 Å². The van der Waals surface area contributed by atoms with Gasteiger partial charge < -0.3 is 14.6 Å². The van der Waals surface area contributed by atoms with Crippen molar-refractivity contribution in [3.63, 3.8) is 0 Å². The fraction of sp³-hybridized carbons (Fsp3) is 0.625. The molecule has 2 rings (SSSR count). The van der Waals surface area contributed by atoms with Crippen LogP contribution in [0.15, 0.2) is 10.6 Å². The molecular weight excluding hydrogens is 156 g/mol. The largest absolute Gasteiger partial charge is 0.369 e. The average Bonchev–Trinajstić information content (AvgIpc) is 2.32. The summed E-state index contributed by atoms with van der Waals surface area (Å²) < 4.78 is 10.4.